The first kappa shape index (κ1) is 13.5. The summed E-state index contributed by atoms with van der Waals surface area (Å²) in [6.07, 6.45) is 3.61. The van der Waals surface area contributed by atoms with Crippen molar-refractivity contribution < 1.29 is 19.0 Å². The summed E-state index contributed by atoms with van der Waals surface area (Å²) in [4.78, 5) is 11.3. The number of esters is 1. The summed E-state index contributed by atoms with van der Waals surface area (Å²) in [5.74, 6) is 1.22. The van der Waals surface area contributed by atoms with Crippen molar-refractivity contribution in [3.8, 4) is 5.75 Å². The van der Waals surface area contributed by atoms with Gasteiger partial charge in [0.1, 0.15) is 17.6 Å². The molecule has 1 aromatic rings. The SMILES string of the molecule is COC1=CC(=O)OC(CCc2ccc(OC)cc2)C1. The Hall–Kier alpha value is -1.97. The molecule has 0 bridgehead atoms. The van der Waals surface area contributed by atoms with Gasteiger partial charge in [-0.2, -0.15) is 0 Å². The maximum Gasteiger partial charge on any atom is 0.334 e. The van der Waals surface area contributed by atoms with E-state index in [9.17, 15) is 4.79 Å². The molecular formula is C15H18O4. The molecule has 0 N–H and O–H groups in total. The molecule has 0 radical (unpaired) electrons. The van der Waals surface area contributed by atoms with Crippen molar-refractivity contribution >= 4 is 5.97 Å². The van der Waals surface area contributed by atoms with Crippen molar-refractivity contribution in [2.45, 2.75) is 25.4 Å². The van der Waals surface area contributed by atoms with E-state index in [0.717, 1.165) is 18.6 Å². The van der Waals surface area contributed by atoms with Crippen LogP contribution in [0.2, 0.25) is 0 Å². The van der Waals surface area contributed by atoms with Gasteiger partial charge >= 0.3 is 5.97 Å². The van der Waals surface area contributed by atoms with E-state index >= 15 is 0 Å². The molecule has 102 valence electrons. The smallest absolute Gasteiger partial charge is 0.334 e. The molecule has 1 atom stereocenters. The van der Waals surface area contributed by atoms with Crippen LogP contribution in [0, 0.1) is 0 Å². The van der Waals surface area contributed by atoms with Crippen molar-refractivity contribution in [1.29, 1.82) is 0 Å². The largest absolute Gasteiger partial charge is 0.501 e. The lowest BCUT2D eigenvalue weighted by Gasteiger charge is -2.22. The molecule has 0 fully saturated rings. The van der Waals surface area contributed by atoms with Gasteiger partial charge in [0.05, 0.1) is 20.3 Å². The standard InChI is InChI=1S/C15H18O4/c1-17-12-6-3-11(4-7-12)5-8-13-9-14(18-2)10-15(16)19-13/h3-4,6-7,10,13H,5,8-9H2,1-2H3. The van der Waals surface area contributed by atoms with Crippen molar-refractivity contribution in [3.63, 3.8) is 0 Å². The Bertz CT molecular complexity index is 462. The third kappa shape index (κ3) is 3.74. The summed E-state index contributed by atoms with van der Waals surface area (Å²) in [5, 5.41) is 0. The molecule has 0 amide bonds. The monoisotopic (exact) mass is 262 g/mol. The second-order valence-electron chi connectivity index (χ2n) is 4.46. The van der Waals surface area contributed by atoms with Crippen molar-refractivity contribution in [3.05, 3.63) is 41.7 Å². The molecule has 0 aromatic heterocycles. The number of hydrogen-bond acceptors (Lipinski definition) is 4. The minimum atomic E-state index is -0.317. The Morgan fingerprint density at radius 3 is 2.58 bits per heavy atom. The molecule has 1 aliphatic heterocycles. The third-order valence-corrected chi connectivity index (χ3v) is 3.17. The van der Waals surface area contributed by atoms with Gasteiger partial charge < -0.3 is 14.2 Å². The Morgan fingerprint density at radius 1 is 1.21 bits per heavy atom. The minimum absolute atomic E-state index is 0.102. The van der Waals surface area contributed by atoms with E-state index < -0.39 is 0 Å². The number of aryl methyl sites for hydroxylation is 1. The highest BCUT2D eigenvalue weighted by atomic mass is 16.5. The quantitative estimate of drug-likeness (QED) is 0.765. The topological polar surface area (TPSA) is 44.8 Å². The first-order valence-electron chi connectivity index (χ1n) is 6.29. The predicted octanol–water partition coefficient (Wildman–Crippen LogP) is 2.47. The lowest BCUT2D eigenvalue weighted by Crippen LogP contribution is -2.23. The van der Waals surface area contributed by atoms with Gasteiger partial charge in [-0.25, -0.2) is 4.79 Å². The van der Waals surface area contributed by atoms with Crippen LogP contribution < -0.4 is 4.74 Å². The maximum absolute atomic E-state index is 11.3. The van der Waals surface area contributed by atoms with Crippen LogP contribution in [-0.2, 0) is 20.7 Å². The second-order valence-corrected chi connectivity index (χ2v) is 4.46. The van der Waals surface area contributed by atoms with Crippen LogP contribution >= 0.6 is 0 Å². The predicted molar refractivity (Wildman–Crippen MR) is 70.9 cm³/mol. The Kier molecular flexibility index (Phi) is 4.44. The number of benzene rings is 1. The van der Waals surface area contributed by atoms with Crippen LogP contribution in [-0.4, -0.2) is 26.3 Å². The van der Waals surface area contributed by atoms with Crippen molar-refractivity contribution in [1.82, 2.24) is 0 Å². The van der Waals surface area contributed by atoms with Gasteiger partial charge in [-0.1, -0.05) is 12.1 Å². The first-order chi connectivity index (χ1) is 9.21. The number of carbonyl (C=O) groups excluding carboxylic acids is 1. The summed E-state index contributed by atoms with van der Waals surface area (Å²) in [6, 6.07) is 7.92. The minimum Gasteiger partial charge on any atom is -0.501 e. The number of carbonyl (C=O) groups is 1. The highest BCUT2D eigenvalue weighted by Gasteiger charge is 2.21. The number of hydrogen-bond donors (Lipinski definition) is 0. The summed E-state index contributed by atoms with van der Waals surface area (Å²) in [6.45, 7) is 0. The molecule has 1 heterocycles. The Labute approximate surface area is 113 Å². The lowest BCUT2D eigenvalue weighted by molar-refractivity contribution is -0.145. The molecule has 1 aromatic carbocycles. The van der Waals surface area contributed by atoms with Gasteiger partial charge in [-0.05, 0) is 30.5 Å². The molecule has 2 rings (SSSR count). The third-order valence-electron chi connectivity index (χ3n) is 3.17. The molecular weight excluding hydrogens is 244 g/mol. The summed E-state index contributed by atoms with van der Waals surface area (Å²) in [7, 11) is 3.22. The fourth-order valence-corrected chi connectivity index (χ4v) is 2.08. The molecule has 0 spiro atoms. The summed E-state index contributed by atoms with van der Waals surface area (Å²) < 4.78 is 15.5. The van der Waals surface area contributed by atoms with E-state index in [4.69, 9.17) is 14.2 Å². The highest BCUT2D eigenvalue weighted by Crippen LogP contribution is 2.21. The molecule has 0 aliphatic carbocycles. The van der Waals surface area contributed by atoms with E-state index in [1.54, 1.807) is 14.2 Å². The molecule has 4 nitrogen and oxygen atoms in total. The van der Waals surface area contributed by atoms with Crippen molar-refractivity contribution in [2.75, 3.05) is 14.2 Å². The molecule has 1 aliphatic rings. The maximum atomic E-state index is 11.3. The Balaban J connectivity index is 1.88. The first-order valence-corrected chi connectivity index (χ1v) is 6.29. The second kappa shape index (κ2) is 6.27. The Morgan fingerprint density at radius 2 is 1.95 bits per heavy atom. The van der Waals surface area contributed by atoms with Crippen LogP contribution in [0.3, 0.4) is 0 Å². The summed E-state index contributed by atoms with van der Waals surface area (Å²) >= 11 is 0. The van der Waals surface area contributed by atoms with Crippen LogP contribution in [0.25, 0.3) is 0 Å². The van der Waals surface area contributed by atoms with E-state index in [2.05, 4.69) is 0 Å². The lowest BCUT2D eigenvalue weighted by atomic mass is 10.0. The zero-order chi connectivity index (χ0) is 13.7. The molecule has 19 heavy (non-hydrogen) atoms. The zero-order valence-corrected chi connectivity index (χ0v) is 11.2. The van der Waals surface area contributed by atoms with E-state index in [0.29, 0.717) is 12.2 Å². The fraction of sp³-hybridized carbons (Fsp3) is 0.400. The van der Waals surface area contributed by atoms with Crippen molar-refractivity contribution in [2.24, 2.45) is 0 Å². The van der Waals surface area contributed by atoms with Crippen LogP contribution in [0.1, 0.15) is 18.4 Å². The van der Waals surface area contributed by atoms with Gasteiger partial charge in [0.15, 0.2) is 0 Å². The molecule has 0 saturated carbocycles. The van der Waals surface area contributed by atoms with Crippen LogP contribution in [0.15, 0.2) is 36.1 Å². The number of ether oxygens (including phenoxy) is 3. The normalized spacial score (nSPS) is 18.5. The molecule has 4 heteroatoms. The van der Waals surface area contributed by atoms with E-state index in [-0.39, 0.29) is 12.1 Å². The van der Waals surface area contributed by atoms with E-state index in [1.807, 2.05) is 24.3 Å². The van der Waals surface area contributed by atoms with Crippen LogP contribution in [0.4, 0.5) is 0 Å². The number of rotatable bonds is 5. The van der Waals surface area contributed by atoms with Gasteiger partial charge in [0.25, 0.3) is 0 Å². The fourth-order valence-electron chi connectivity index (χ4n) is 2.08. The van der Waals surface area contributed by atoms with E-state index in [1.165, 1.54) is 11.6 Å². The average molecular weight is 262 g/mol. The summed E-state index contributed by atoms with van der Waals surface area (Å²) in [5.41, 5.74) is 1.20. The number of cyclic esters (lactones) is 1. The molecule has 1 unspecified atom stereocenters. The van der Waals surface area contributed by atoms with Gasteiger partial charge in [0.2, 0.25) is 0 Å². The average Bonchev–Trinajstić information content (AvgIpc) is 2.45. The van der Waals surface area contributed by atoms with Gasteiger partial charge in [-0.15, -0.1) is 0 Å². The zero-order valence-electron chi connectivity index (χ0n) is 11.2. The number of methoxy groups -OCH3 is 2. The highest BCUT2D eigenvalue weighted by molar-refractivity contribution is 5.83. The van der Waals surface area contributed by atoms with Gasteiger partial charge in [-0.3, -0.25) is 0 Å². The molecule has 0 saturated heterocycles. The van der Waals surface area contributed by atoms with Gasteiger partial charge in [0, 0.05) is 6.42 Å². The van der Waals surface area contributed by atoms with Crippen LogP contribution in [0.5, 0.6) is 5.75 Å².